The summed E-state index contributed by atoms with van der Waals surface area (Å²) in [5.74, 6) is 0.933. The topological polar surface area (TPSA) is 0 Å². The van der Waals surface area contributed by atoms with Crippen LogP contribution in [0.15, 0.2) is 88.0 Å². The first-order valence-corrected chi connectivity index (χ1v) is 11.8. The van der Waals surface area contributed by atoms with Gasteiger partial charge in [-0.1, -0.05) is 79.4 Å². The van der Waals surface area contributed by atoms with Gasteiger partial charge in [-0.3, -0.25) is 0 Å². The first-order valence-electron chi connectivity index (χ1n) is 10.1. The number of hydrogen-bond acceptors (Lipinski definition) is 2. The van der Waals surface area contributed by atoms with Crippen molar-refractivity contribution in [1.29, 1.82) is 0 Å². The molecule has 0 radical (unpaired) electrons. The second-order valence-electron chi connectivity index (χ2n) is 7.78. The lowest BCUT2D eigenvalue weighted by molar-refractivity contribution is 0.416. The van der Waals surface area contributed by atoms with Crippen LogP contribution in [-0.2, 0) is 0 Å². The maximum absolute atomic E-state index is 4.62. The summed E-state index contributed by atoms with van der Waals surface area (Å²) in [6.45, 7) is 13.5. The smallest absolute Gasteiger partial charge is 0.0413 e. The van der Waals surface area contributed by atoms with Crippen LogP contribution in [0.2, 0.25) is 0 Å². The normalized spacial score (nSPS) is 25.7. The van der Waals surface area contributed by atoms with Gasteiger partial charge in [0, 0.05) is 21.0 Å². The SMILES string of the molecule is C=C(Sc1ccccc1C)C1CCCC(C2Sc3ccccc3C2=CC)C1=C. The van der Waals surface area contributed by atoms with E-state index in [4.69, 9.17) is 0 Å². The van der Waals surface area contributed by atoms with Crippen molar-refractivity contribution >= 4 is 29.1 Å². The lowest BCUT2D eigenvalue weighted by Gasteiger charge is -2.36. The van der Waals surface area contributed by atoms with Crippen LogP contribution in [0.25, 0.3) is 5.57 Å². The minimum absolute atomic E-state index is 0.408. The Hall–Kier alpha value is -1.64. The summed E-state index contributed by atoms with van der Waals surface area (Å²) in [6, 6.07) is 17.4. The van der Waals surface area contributed by atoms with E-state index in [1.165, 1.54) is 56.2 Å². The summed E-state index contributed by atoms with van der Waals surface area (Å²) in [5, 5.41) is 0.494. The Kier molecular flexibility index (Phi) is 5.89. The van der Waals surface area contributed by atoms with Gasteiger partial charge in [0.2, 0.25) is 0 Å². The van der Waals surface area contributed by atoms with E-state index in [1.807, 2.05) is 23.5 Å². The van der Waals surface area contributed by atoms with Crippen molar-refractivity contribution in [2.24, 2.45) is 11.8 Å². The third kappa shape index (κ3) is 3.65. The summed E-state index contributed by atoms with van der Waals surface area (Å²) in [6.07, 6.45) is 5.99. The van der Waals surface area contributed by atoms with E-state index in [-0.39, 0.29) is 0 Å². The van der Waals surface area contributed by atoms with E-state index in [2.05, 4.69) is 81.6 Å². The Morgan fingerprint density at radius 1 is 1.11 bits per heavy atom. The number of allylic oxidation sites excluding steroid dienone is 3. The highest BCUT2D eigenvalue weighted by Crippen LogP contribution is 2.54. The first-order chi connectivity index (χ1) is 13.6. The van der Waals surface area contributed by atoms with Crippen LogP contribution in [0.5, 0.6) is 0 Å². The average molecular weight is 405 g/mol. The lowest BCUT2D eigenvalue weighted by Crippen LogP contribution is -2.27. The molecule has 2 aromatic rings. The maximum atomic E-state index is 4.62. The van der Waals surface area contributed by atoms with Crippen molar-refractivity contribution in [3.8, 4) is 0 Å². The molecule has 2 aromatic carbocycles. The Morgan fingerprint density at radius 2 is 1.86 bits per heavy atom. The van der Waals surface area contributed by atoms with Crippen molar-refractivity contribution in [3.05, 3.63) is 89.4 Å². The fraction of sp³-hybridized carbons (Fsp3) is 0.308. The maximum Gasteiger partial charge on any atom is 0.0413 e. The molecule has 1 heterocycles. The van der Waals surface area contributed by atoms with Crippen LogP contribution in [0.3, 0.4) is 0 Å². The number of rotatable bonds is 4. The molecule has 3 atom stereocenters. The van der Waals surface area contributed by atoms with Gasteiger partial charge in [-0.15, -0.1) is 11.8 Å². The van der Waals surface area contributed by atoms with Gasteiger partial charge in [-0.05, 0) is 66.3 Å². The molecule has 144 valence electrons. The summed E-state index contributed by atoms with van der Waals surface area (Å²) in [5.41, 5.74) is 5.62. The molecule has 0 N–H and O–H groups in total. The van der Waals surface area contributed by atoms with Gasteiger partial charge >= 0.3 is 0 Å². The van der Waals surface area contributed by atoms with Crippen molar-refractivity contribution in [3.63, 3.8) is 0 Å². The second-order valence-corrected chi connectivity index (χ2v) is 10.1. The fourth-order valence-electron chi connectivity index (χ4n) is 4.55. The molecule has 2 heteroatoms. The number of hydrogen-bond donors (Lipinski definition) is 0. The third-order valence-corrected chi connectivity index (χ3v) is 8.76. The molecular weight excluding hydrogens is 376 g/mol. The Labute approximate surface area is 178 Å². The largest absolute Gasteiger partial charge is 0.117 e. The highest BCUT2D eigenvalue weighted by atomic mass is 32.2. The number of aryl methyl sites for hydroxylation is 1. The van der Waals surface area contributed by atoms with E-state index < -0.39 is 0 Å². The molecule has 28 heavy (non-hydrogen) atoms. The summed E-state index contributed by atoms with van der Waals surface area (Å²) < 4.78 is 0. The highest BCUT2D eigenvalue weighted by molar-refractivity contribution is 8.03. The van der Waals surface area contributed by atoms with Gasteiger partial charge in [0.1, 0.15) is 0 Å². The average Bonchev–Trinajstić information content (AvgIpc) is 3.08. The van der Waals surface area contributed by atoms with Gasteiger partial charge in [-0.25, -0.2) is 0 Å². The molecule has 1 fully saturated rings. The number of thioether (sulfide) groups is 2. The third-order valence-electron chi connectivity index (χ3n) is 6.09. The lowest BCUT2D eigenvalue weighted by atomic mass is 9.74. The molecule has 0 spiro atoms. The Bertz CT molecular complexity index is 937. The Balaban J connectivity index is 1.54. The minimum atomic E-state index is 0.408. The van der Waals surface area contributed by atoms with E-state index in [0.29, 0.717) is 17.1 Å². The number of fused-ring (bicyclic) bond motifs is 1. The molecule has 0 bridgehead atoms. The molecule has 3 unspecified atom stereocenters. The van der Waals surface area contributed by atoms with Crippen molar-refractivity contribution < 1.29 is 0 Å². The van der Waals surface area contributed by atoms with E-state index in [9.17, 15) is 0 Å². The molecule has 0 nitrogen and oxygen atoms in total. The van der Waals surface area contributed by atoms with Gasteiger partial charge in [0.05, 0.1) is 0 Å². The zero-order chi connectivity index (χ0) is 19.7. The van der Waals surface area contributed by atoms with Gasteiger partial charge in [0.25, 0.3) is 0 Å². The van der Waals surface area contributed by atoms with Crippen LogP contribution in [0, 0.1) is 18.8 Å². The first kappa shape index (κ1) is 19.7. The van der Waals surface area contributed by atoms with E-state index in [1.54, 1.807) is 0 Å². The summed E-state index contributed by atoms with van der Waals surface area (Å²) >= 11 is 3.88. The van der Waals surface area contributed by atoms with Crippen molar-refractivity contribution in [2.75, 3.05) is 0 Å². The van der Waals surface area contributed by atoms with Crippen LogP contribution in [-0.4, -0.2) is 5.25 Å². The van der Waals surface area contributed by atoms with Crippen LogP contribution < -0.4 is 0 Å². The molecule has 0 aromatic heterocycles. The molecule has 1 saturated carbocycles. The van der Waals surface area contributed by atoms with Crippen LogP contribution >= 0.6 is 23.5 Å². The zero-order valence-electron chi connectivity index (χ0n) is 16.8. The highest BCUT2D eigenvalue weighted by Gasteiger charge is 2.38. The summed E-state index contributed by atoms with van der Waals surface area (Å²) in [7, 11) is 0. The molecule has 2 aliphatic rings. The van der Waals surface area contributed by atoms with Gasteiger partial charge < -0.3 is 0 Å². The predicted molar refractivity (Wildman–Crippen MR) is 126 cm³/mol. The minimum Gasteiger partial charge on any atom is -0.117 e. The Morgan fingerprint density at radius 3 is 2.64 bits per heavy atom. The van der Waals surface area contributed by atoms with E-state index >= 15 is 0 Å². The molecule has 1 aliphatic heterocycles. The zero-order valence-corrected chi connectivity index (χ0v) is 18.4. The van der Waals surface area contributed by atoms with Crippen LogP contribution in [0.1, 0.15) is 37.3 Å². The monoisotopic (exact) mass is 404 g/mol. The fourth-order valence-corrected chi connectivity index (χ4v) is 7.23. The quantitative estimate of drug-likeness (QED) is 0.372. The second kappa shape index (κ2) is 8.39. The molecule has 4 rings (SSSR count). The predicted octanol–water partition coefficient (Wildman–Crippen LogP) is 8.15. The molecule has 0 saturated heterocycles. The molecule has 1 aliphatic carbocycles. The molecular formula is C26H28S2. The standard InChI is InChI=1S/C26H28S2/c1-5-20-23-12-7-9-16-25(23)28-26(20)22-14-10-13-21(18(22)3)19(4)27-24-15-8-6-11-17(24)2/h5-9,11-12,15-16,21-22,26H,3-4,10,13-14H2,1-2H3. The molecule has 0 amide bonds. The van der Waals surface area contributed by atoms with Crippen molar-refractivity contribution in [1.82, 2.24) is 0 Å². The summed E-state index contributed by atoms with van der Waals surface area (Å²) in [4.78, 5) is 3.99. The van der Waals surface area contributed by atoms with Gasteiger partial charge in [0.15, 0.2) is 0 Å². The van der Waals surface area contributed by atoms with Crippen molar-refractivity contribution in [2.45, 2.75) is 48.2 Å². The van der Waals surface area contributed by atoms with E-state index in [0.717, 1.165) is 0 Å². The van der Waals surface area contributed by atoms with Gasteiger partial charge in [-0.2, -0.15) is 0 Å². The van der Waals surface area contributed by atoms with Crippen LogP contribution in [0.4, 0.5) is 0 Å². The number of benzene rings is 2.